The molecule has 0 radical (unpaired) electrons. The monoisotopic (exact) mass is 365 g/mol. The molecule has 3 aromatic rings. The molecule has 1 N–H and O–H groups in total. The number of fused-ring (bicyclic) bond motifs is 2. The lowest BCUT2D eigenvalue weighted by Gasteiger charge is -2.23. The van der Waals surface area contributed by atoms with E-state index in [0.717, 1.165) is 33.9 Å². The summed E-state index contributed by atoms with van der Waals surface area (Å²) < 4.78 is 11.2. The van der Waals surface area contributed by atoms with Crippen LogP contribution in [0.5, 0.6) is 11.5 Å². The van der Waals surface area contributed by atoms with Crippen LogP contribution >= 0.6 is 0 Å². The lowest BCUT2D eigenvalue weighted by molar-refractivity contribution is -0.131. The number of amides is 1. The summed E-state index contributed by atoms with van der Waals surface area (Å²) >= 11 is 0. The molecule has 1 aliphatic rings. The summed E-state index contributed by atoms with van der Waals surface area (Å²) in [4.78, 5) is 22.4. The third-order valence-corrected chi connectivity index (χ3v) is 4.73. The molecule has 0 aliphatic carbocycles. The number of ether oxygens (including phenoxy) is 2. The Morgan fingerprint density at radius 2 is 1.96 bits per heavy atom. The Hall–Kier alpha value is -3.02. The summed E-state index contributed by atoms with van der Waals surface area (Å²) in [5, 5.41) is 0. The van der Waals surface area contributed by atoms with Crippen molar-refractivity contribution in [3.63, 3.8) is 0 Å². The number of aryl methyl sites for hydroxylation is 1. The topological polar surface area (TPSA) is 67.5 Å². The zero-order valence-corrected chi connectivity index (χ0v) is 15.4. The van der Waals surface area contributed by atoms with Crippen molar-refractivity contribution < 1.29 is 14.3 Å². The van der Waals surface area contributed by atoms with E-state index < -0.39 is 0 Å². The first-order chi connectivity index (χ1) is 13.2. The minimum Gasteiger partial charge on any atom is -0.486 e. The predicted molar refractivity (Wildman–Crippen MR) is 103 cm³/mol. The highest BCUT2D eigenvalue weighted by Gasteiger charge is 2.16. The molecule has 1 aromatic heterocycles. The van der Waals surface area contributed by atoms with Gasteiger partial charge in [0, 0.05) is 25.9 Å². The van der Waals surface area contributed by atoms with Crippen molar-refractivity contribution in [3.8, 4) is 11.5 Å². The number of carbonyl (C=O) groups excluding carboxylic acids is 1. The van der Waals surface area contributed by atoms with Crippen molar-refractivity contribution in [1.82, 2.24) is 14.9 Å². The Bertz CT molecular complexity index is 918. The molecular formula is C21H23N3O3. The smallest absolute Gasteiger partial charge is 0.223 e. The molecule has 6 nitrogen and oxygen atoms in total. The van der Waals surface area contributed by atoms with Crippen LogP contribution in [0.25, 0.3) is 11.0 Å². The molecule has 140 valence electrons. The third kappa shape index (κ3) is 3.89. The number of imidazole rings is 1. The normalized spacial score (nSPS) is 12.9. The Kier molecular flexibility index (Phi) is 4.96. The van der Waals surface area contributed by atoms with Gasteiger partial charge in [-0.15, -0.1) is 0 Å². The number of aromatic amines is 1. The van der Waals surface area contributed by atoms with Gasteiger partial charge in [-0.1, -0.05) is 18.2 Å². The van der Waals surface area contributed by atoms with Crippen LogP contribution in [0.4, 0.5) is 0 Å². The number of nitrogens with zero attached hydrogens (tertiary/aromatic N) is 2. The van der Waals surface area contributed by atoms with Gasteiger partial charge >= 0.3 is 0 Å². The Morgan fingerprint density at radius 3 is 2.78 bits per heavy atom. The standard InChI is InChI=1S/C21H23N3O3/c1-2-24(14-15-7-8-18-19(13-15)27-12-11-26-18)21(25)10-9-20-22-16-5-3-4-6-17(16)23-20/h3-8,13H,2,9-12,14H2,1H3,(H,22,23). The largest absolute Gasteiger partial charge is 0.486 e. The lowest BCUT2D eigenvalue weighted by Crippen LogP contribution is -2.30. The number of nitrogens with one attached hydrogen (secondary N) is 1. The Morgan fingerprint density at radius 1 is 1.15 bits per heavy atom. The van der Waals surface area contributed by atoms with E-state index in [9.17, 15) is 4.79 Å². The minimum absolute atomic E-state index is 0.118. The Balaban J connectivity index is 1.39. The van der Waals surface area contributed by atoms with E-state index in [1.54, 1.807) is 0 Å². The van der Waals surface area contributed by atoms with E-state index in [-0.39, 0.29) is 5.91 Å². The number of aromatic nitrogens is 2. The highest BCUT2D eigenvalue weighted by molar-refractivity contribution is 5.77. The van der Waals surface area contributed by atoms with Crippen molar-refractivity contribution in [3.05, 3.63) is 53.9 Å². The maximum Gasteiger partial charge on any atom is 0.223 e. The van der Waals surface area contributed by atoms with Crippen LogP contribution in [0.1, 0.15) is 24.7 Å². The molecule has 1 aliphatic heterocycles. The second-order valence-electron chi connectivity index (χ2n) is 6.59. The van der Waals surface area contributed by atoms with Crippen molar-refractivity contribution in [2.75, 3.05) is 19.8 Å². The summed E-state index contributed by atoms with van der Waals surface area (Å²) in [6.07, 6.45) is 1.03. The van der Waals surface area contributed by atoms with E-state index in [0.29, 0.717) is 39.1 Å². The molecule has 0 atom stereocenters. The zero-order valence-electron chi connectivity index (χ0n) is 15.4. The molecule has 2 aromatic carbocycles. The maximum atomic E-state index is 12.7. The van der Waals surface area contributed by atoms with Crippen LogP contribution in [-0.2, 0) is 17.8 Å². The summed E-state index contributed by atoms with van der Waals surface area (Å²) in [5.41, 5.74) is 2.98. The van der Waals surface area contributed by atoms with E-state index in [2.05, 4.69) is 9.97 Å². The highest BCUT2D eigenvalue weighted by atomic mass is 16.6. The minimum atomic E-state index is 0.118. The molecule has 4 rings (SSSR count). The third-order valence-electron chi connectivity index (χ3n) is 4.73. The second-order valence-corrected chi connectivity index (χ2v) is 6.59. The maximum absolute atomic E-state index is 12.7. The SMILES string of the molecule is CCN(Cc1ccc2c(c1)OCCO2)C(=O)CCc1nc2ccccc2[nH]1. The van der Waals surface area contributed by atoms with E-state index >= 15 is 0 Å². The molecule has 1 amide bonds. The number of hydrogen-bond donors (Lipinski definition) is 1. The van der Waals surface area contributed by atoms with Crippen LogP contribution in [0.15, 0.2) is 42.5 Å². The summed E-state index contributed by atoms with van der Waals surface area (Å²) in [6.45, 7) is 4.36. The van der Waals surface area contributed by atoms with Gasteiger partial charge in [0.05, 0.1) is 11.0 Å². The first-order valence-corrected chi connectivity index (χ1v) is 9.33. The number of hydrogen-bond acceptors (Lipinski definition) is 4. The number of benzene rings is 2. The van der Waals surface area contributed by atoms with Crippen molar-refractivity contribution >= 4 is 16.9 Å². The first-order valence-electron chi connectivity index (χ1n) is 9.33. The molecule has 0 bridgehead atoms. The van der Waals surface area contributed by atoms with Crippen LogP contribution in [0, 0.1) is 0 Å². The molecule has 0 saturated carbocycles. The van der Waals surface area contributed by atoms with Crippen LogP contribution in [-0.4, -0.2) is 40.5 Å². The summed E-state index contributed by atoms with van der Waals surface area (Å²) in [6, 6.07) is 13.8. The fourth-order valence-electron chi connectivity index (χ4n) is 3.29. The van der Waals surface area contributed by atoms with Gasteiger partial charge in [-0.2, -0.15) is 0 Å². The number of H-pyrrole nitrogens is 1. The molecule has 27 heavy (non-hydrogen) atoms. The van der Waals surface area contributed by atoms with E-state index in [4.69, 9.17) is 9.47 Å². The Labute approximate surface area is 158 Å². The molecular weight excluding hydrogens is 342 g/mol. The van der Waals surface area contributed by atoms with Crippen LogP contribution < -0.4 is 9.47 Å². The van der Waals surface area contributed by atoms with Gasteiger partial charge in [0.2, 0.25) is 5.91 Å². The van der Waals surface area contributed by atoms with Gasteiger partial charge in [0.25, 0.3) is 0 Å². The summed E-state index contributed by atoms with van der Waals surface area (Å²) in [5.74, 6) is 2.49. The van der Waals surface area contributed by atoms with Gasteiger partial charge in [0.15, 0.2) is 11.5 Å². The van der Waals surface area contributed by atoms with Crippen molar-refractivity contribution in [2.24, 2.45) is 0 Å². The molecule has 0 spiro atoms. The molecule has 0 fully saturated rings. The van der Waals surface area contributed by atoms with Crippen molar-refractivity contribution in [2.45, 2.75) is 26.3 Å². The predicted octanol–water partition coefficient (Wildman–Crippen LogP) is 3.32. The van der Waals surface area contributed by atoms with Gasteiger partial charge in [-0.05, 0) is 36.8 Å². The number of rotatable bonds is 6. The van der Waals surface area contributed by atoms with E-state index in [1.807, 2.05) is 54.3 Å². The van der Waals surface area contributed by atoms with Gasteiger partial charge in [-0.3, -0.25) is 4.79 Å². The fourth-order valence-corrected chi connectivity index (χ4v) is 3.29. The average Bonchev–Trinajstić information content (AvgIpc) is 3.13. The van der Waals surface area contributed by atoms with Crippen molar-refractivity contribution in [1.29, 1.82) is 0 Å². The molecule has 0 saturated heterocycles. The number of para-hydroxylation sites is 2. The van der Waals surface area contributed by atoms with Gasteiger partial charge in [0.1, 0.15) is 19.0 Å². The van der Waals surface area contributed by atoms with Gasteiger partial charge < -0.3 is 19.4 Å². The highest BCUT2D eigenvalue weighted by Crippen LogP contribution is 2.31. The van der Waals surface area contributed by atoms with Crippen LogP contribution in [0.2, 0.25) is 0 Å². The van der Waals surface area contributed by atoms with Crippen LogP contribution in [0.3, 0.4) is 0 Å². The molecule has 6 heteroatoms. The zero-order chi connectivity index (χ0) is 18.6. The van der Waals surface area contributed by atoms with Gasteiger partial charge in [-0.25, -0.2) is 4.98 Å². The fraction of sp³-hybridized carbons (Fsp3) is 0.333. The summed E-state index contributed by atoms with van der Waals surface area (Å²) in [7, 11) is 0. The molecule has 0 unspecified atom stereocenters. The molecule has 2 heterocycles. The van der Waals surface area contributed by atoms with E-state index in [1.165, 1.54) is 0 Å². The quantitative estimate of drug-likeness (QED) is 0.728. The first kappa shape index (κ1) is 17.4. The average molecular weight is 365 g/mol. The number of carbonyl (C=O) groups is 1. The lowest BCUT2D eigenvalue weighted by atomic mass is 10.1. The second kappa shape index (κ2) is 7.70.